The number of nitrogens with zero attached hydrogens (tertiary/aromatic N) is 6. The minimum absolute atomic E-state index is 0.103. The lowest BCUT2D eigenvalue weighted by atomic mass is 9.69. The Balaban J connectivity index is 0.941. The molecular formula is C81H52N6O2. The van der Waals surface area contributed by atoms with Crippen LogP contribution in [0, 0.1) is 0 Å². The van der Waals surface area contributed by atoms with Gasteiger partial charge in [0.05, 0.1) is 5.41 Å². The molecular weight excluding hydrogens is 1090 g/mol. The van der Waals surface area contributed by atoms with Crippen molar-refractivity contribution in [1.29, 1.82) is 0 Å². The van der Waals surface area contributed by atoms with Gasteiger partial charge in [-0.25, -0.2) is 29.9 Å². The number of aromatic nitrogens is 6. The number of fused-ring (bicyclic) bond motifs is 10. The molecule has 1 atom stereocenters. The first kappa shape index (κ1) is 52.8. The van der Waals surface area contributed by atoms with Crippen molar-refractivity contribution in [2.24, 2.45) is 0 Å². The Morgan fingerprint density at radius 1 is 0.270 bits per heavy atom. The van der Waals surface area contributed by atoms with Crippen LogP contribution in [0.5, 0.6) is 0 Å². The molecule has 16 rings (SSSR count). The molecule has 0 fully saturated rings. The van der Waals surface area contributed by atoms with E-state index < -0.39 is 5.41 Å². The van der Waals surface area contributed by atoms with Crippen LogP contribution in [0.3, 0.4) is 0 Å². The zero-order chi connectivity index (χ0) is 59.4. The summed E-state index contributed by atoms with van der Waals surface area (Å²) in [6.45, 7) is 0. The highest BCUT2D eigenvalue weighted by molar-refractivity contribution is 6.12. The highest BCUT2D eigenvalue weighted by Gasteiger charge is 2.53. The van der Waals surface area contributed by atoms with E-state index in [1.54, 1.807) is 0 Å². The molecule has 3 aliphatic carbocycles. The van der Waals surface area contributed by atoms with Crippen molar-refractivity contribution < 1.29 is 9.59 Å². The van der Waals surface area contributed by atoms with Crippen LogP contribution in [0.25, 0.3) is 107 Å². The molecule has 0 radical (unpaired) electrons. The lowest BCUT2D eigenvalue weighted by Gasteiger charge is -2.31. The third kappa shape index (κ3) is 9.33. The number of hydrogen-bond donors (Lipinski definition) is 0. The van der Waals surface area contributed by atoms with Crippen molar-refractivity contribution in [3.8, 4) is 102 Å². The summed E-state index contributed by atoms with van der Waals surface area (Å²) in [4.78, 5) is 61.7. The lowest BCUT2D eigenvalue weighted by molar-refractivity contribution is 0.103. The van der Waals surface area contributed by atoms with Crippen LogP contribution < -0.4 is 0 Å². The molecule has 13 aromatic rings. The van der Waals surface area contributed by atoms with Crippen molar-refractivity contribution in [3.05, 3.63) is 341 Å². The summed E-state index contributed by atoms with van der Waals surface area (Å²) in [5.41, 5.74) is 17.8. The zero-order valence-corrected chi connectivity index (χ0v) is 48.1. The molecule has 0 N–H and O–H groups in total. The molecule has 2 aromatic heterocycles. The van der Waals surface area contributed by atoms with Gasteiger partial charge in [0, 0.05) is 55.6 Å². The van der Waals surface area contributed by atoms with E-state index in [4.69, 9.17) is 29.9 Å². The van der Waals surface area contributed by atoms with Gasteiger partial charge in [0.1, 0.15) is 0 Å². The van der Waals surface area contributed by atoms with Crippen molar-refractivity contribution in [2.75, 3.05) is 0 Å². The van der Waals surface area contributed by atoms with Crippen LogP contribution in [0.15, 0.2) is 291 Å². The average molecular weight is 1140 g/mol. The molecule has 0 saturated carbocycles. The minimum Gasteiger partial charge on any atom is -0.289 e. The molecule has 11 aromatic carbocycles. The van der Waals surface area contributed by atoms with Gasteiger partial charge in [0.25, 0.3) is 0 Å². The number of hydrogen-bond acceptors (Lipinski definition) is 8. The molecule has 0 aliphatic heterocycles. The third-order valence-corrected chi connectivity index (χ3v) is 17.4. The van der Waals surface area contributed by atoms with Crippen molar-refractivity contribution >= 4 is 17.1 Å². The van der Waals surface area contributed by atoms with E-state index >= 15 is 9.59 Å². The Kier molecular flexibility index (Phi) is 13.0. The summed E-state index contributed by atoms with van der Waals surface area (Å²) < 4.78 is 0. The predicted octanol–water partition coefficient (Wildman–Crippen LogP) is 18.3. The van der Waals surface area contributed by atoms with Gasteiger partial charge >= 0.3 is 0 Å². The van der Waals surface area contributed by atoms with Crippen molar-refractivity contribution in [1.82, 2.24) is 29.9 Å². The number of allylic oxidation sites excluding steroid dienone is 4. The van der Waals surface area contributed by atoms with Gasteiger partial charge in [-0.05, 0) is 104 Å². The molecule has 8 nitrogen and oxygen atoms in total. The average Bonchev–Trinajstić information content (AvgIpc) is 1.51. The van der Waals surface area contributed by atoms with Gasteiger partial charge in [-0.15, -0.1) is 0 Å². The summed E-state index contributed by atoms with van der Waals surface area (Å²) in [5, 5.41) is 0. The largest absolute Gasteiger partial charge is 0.289 e. The Morgan fingerprint density at radius 3 is 0.921 bits per heavy atom. The molecule has 8 heteroatoms. The van der Waals surface area contributed by atoms with Crippen LogP contribution in [0.1, 0.15) is 72.5 Å². The first-order valence-corrected chi connectivity index (χ1v) is 30.0. The lowest BCUT2D eigenvalue weighted by Crippen LogP contribution is -2.27. The number of ketones is 2. The van der Waals surface area contributed by atoms with Crippen LogP contribution >= 0.6 is 0 Å². The molecule has 0 bridgehead atoms. The van der Waals surface area contributed by atoms with Crippen LogP contribution in [0.2, 0.25) is 0 Å². The highest BCUT2D eigenvalue weighted by Crippen LogP contribution is 2.64. The molecule has 418 valence electrons. The van der Waals surface area contributed by atoms with Gasteiger partial charge in [0.2, 0.25) is 0 Å². The Hall–Kier alpha value is -11.7. The van der Waals surface area contributed by atoms with E-state index in [1.165, 1.54) is 0 Å². The van der Waals surface area contributed by atoms with E-state index in [9.17, 15) is 0 Å². The Labute approximate surface area is 515 Å². The number of carbonyl (C=O) groups excluding carboxylic acids is 2. The fourth-order valence-electron chi connectivity index (χ4n) is 13.1. The van der Waals surface area contributed by atoms with Gasteiger partial charge < -0.3 is 0 Å². The first-order chi connectivity index (χ1) is 43.9. The summed E-state index contributed by atoms with van der Waals surface area (Å²) in [5.74, 6) is 2.93. The molecule has 0 saturated heterocycles. The van der Waals surface area contributed by atoms with Crippen LogP contribution in [0.4, 0.5) is 0 Å². The zero-order valence-electron chi connectivity index (χ0n) is 48.1. The minimum atomic E-state index is -1.15. The van der Waals surface area contributed by atoms with Gasteiger partial charge in [-0.3, -0.25) is 9.59 Å². The maximum atomic E-state index is 15.3. The van der Waals surface area contributed by atoms with Crippen LogP contribution in [-0.2, 0) is 5.41 Å². The van der Waals surface area contributed by atoms with Gasteiger partial charge in [-0.1, -0.05) is 267 Å². The smallest absolute Gasteiger partial charge is 0.193 e. The summed E-state index contributed by atoms with van der Waals surface area (Å²) in [6.07, 6.45) is 8.60. The van der Waals surface area contributed by atoms with E-state index in [1.807, 2.05) is 200 Å². The van der Waals surface area contributed by atoms with Crippen LogP contribution in [-0.4, -0.2) is 41.5 Å². The molecule has 1 spiro atoms. The van der Waals surface area contributed by atoms with E-state index in [0.717, 1.165) is 113 Å². The standard InChI is InChI=1S/C81H52N6O2/c88-73(55-35-31-53(32-36-55)51-19-7-1-8-20-51)61-39-43-65-67-45-41-63(79-84-75(57-23-11-3-12-24-57)82-76(85-79)58-25-13-4-14-26-58)49-71(67)81(69(65)47-61)70-48-62(74(89)56-37-33-54(34-38-56)52-21-9-2-10-22-52)40-44-66(70)68-46-42-64(50-72(68)81)80-86-77(59-27-15-5-16-28-59)83-78(87-80)60-29-17-6-18-30-60/h1,3-9,11-50H,2,10H2. The fourth-order valence-corrected chi connectivity index (χ4v) is 13.1. The highest BCUT2D eigenvalue weighted by atomic mass is 16.1. The quantitative estimate of drug-likeness (QED) is 0.111. The number of benzene rings is 11. The van der Waals surface area contributed by atoms with Crippen molar-refractivity contribution in [2.45, 2.75) is 18.3 Å². The first-order valence-electron chi connectivity index (χ1n) is 30.0. The SMILES string of the molecule is O=C(c1ccc(C2=CCCC=C2)cc1)c1ccc2c(c1)C1(c3cc(C(=O)c4ccc(-c5ccccc5)cc4)ccc3-c3ccc(-c4nc(-c5ccccc5)nc(-c5ccccc5)n4)cc31)c1cc(-c3nc(-c4ccccc4)nc(-c4ccccc4)n3)ccc1-2. The molecule has 89 heavy (non-hydrogen) atoms. The molecule has 3 aliphatic rings. The molecule has 1 unspecified atom stereocenters. The Bertz CT molecular complexity index is 4760. The monoisotopic (exact) mass is 1140 g/mol. The van der Waals surface area contributed by atoms with E-state index in [-0.39, 0.29) is 11.6 Å². The maximum absolute atomic E-state index is 15.3. The summed E-state index contributed by atoms with van der Waals surface area (Å²) in [6, 6.07) is 91.2. The van der Waals surface area contributed by atoms with E-state index in [2.05, 4.69) is 91.0 Å². The second kappa shape index (κ2) is 22.0. The predicted molar refractivity (Wildman–Crippen MR) is 354 cm³/mol. The molecule has 2 heterocycles. The number of rotatable bonds is 12. The van der Waals surface area contributed by atoms with Crippen molar-refractivity contribution in [3.63, 3.8) is 0 Å². The topological polar surface area (TPSA) is 111 Å². The third-order valence-electron chi connectivity index (χ3n) is 17.4. The van der Waals surface area contributed by atoms with Gasteiger partial charge in [-0.2, -0.15) is 0 Å². The van der Waals surface area contributed by atoms with E-state index in [0.29, 0.717) is 57.2 Å². The Morgan fingerprint density at radius 2 is 0.562 bits per heavy atom. The number of carbonyl (C=O) groups is 2. The summed E-state index contributed by atoms with van der Waals surface area (Å²) in [7, 11) is 0. The summed E-state index contributed by atoms with van der Waals surface area (Å²) >= 11 is 0. The fraction of sp³-hybridized carbons (Fsp3) is 0.0370. The molecule has 0 amide bonds. The normalized spacial score (nSPS) is 14.1. The van der Waals surface area contributed by atoms with Gasteiger partial charge in [0.15, 0.2) is 46.5 Å². The maximum Gasteiger partial charge on any atom is 0.193 e. The second-order valence-electron chi connectivity index (χ2n) is 22.7. The second-order valence-corrected chi connectivity index (χ2v) is 22.7.